The van der Waals surface area contributed by atoms with Gasteiger partial charge in [0, 0.05) is 55.7 Å². The molecule has 1 aliphatic heterocycles. The Balaban J connectivity index is 0.000000236. The van der Waals surface area contributed by atoms with Crippen molar-refractivity contribution in [2.75, 3.05) is 56.4 Å². The summed E-state index contributed by atoms with van der Waals surface area (Å²) in [4.78, 5) is 73.3. The Morgan fingerprint density at radius 1 is 1.09 bits per heavy atom. The third-order valence-electron chi connectivity index (χ3n) is 11.8. The maximum absolute atomic E-state index is 14.3. The lowest BCUT2D eigenvalue weighted by atomic mass is 10.0. The zero-order valence-corrected chi connectivity index (χ0v) is 48.9. The molecule has 3 heterocycles. The number of carbonyl (C=O) groups excluding carboxylic acids is 3. The number of carboxylic acids is 1. The highest BCUT2D eigenvalue weighted by atomic mass is 35.5. The van der Waals surface area contributed by atoms with Gasteiger partial charge in [0.1, 0.15) is 23.4 Å². The minimum absolute atomic E-state index is 0.0223. The zero-order valence-electron chi connectivity index (χ0n) is 44.1. The van der Waals surface area contributed by atoms with Crippen LogP contribution in [0.3, 0.4) is 0 Å². The SMILES string of the molecule is CCc1cccc(C)c1N(C(=O)CCl)C(C)COC.COC(=O)CSc1cc(N=c2sc(=O)n3n2CCCC3)c(F)cc1Cl.CP(=O)(O)CCC(N)C(=O)O.CS(=O)(=O)c1cc(C(F)(F)F)ccc1C(=O)c1cnoc1C1CC1. The Morgan fingerprint density at radius 2 is 1.75 bits per heavy atom. The number of anilines is 1. The average Bonchev–Trinajstić information content (AvgIpc) is 4.06. The van der Waals surface area contributed by atoms with Gasteiger partial charge in [-0.1, -0.05) is 41.9 Å². The Morgan fingerprint density at radius 3 is 2.30 bits per heavy atom. The highest BCUT2D eigenvalue weighted by Crippen LogP contribution is 2.43. The number of alkyl halides is 4. The number of benzene rings is 3. The summed E-state index contributed by atoms with van der Waals surface area (Å²) in [6, 6.07) is 9.70. The first-order valence-corrected chi connectivity index (χ1v) is 31.0. The van der Waals surface area contributed by atoms with Crippen molar-refractivity contribution < 1.29 is 73.7 Å². The minimum Gasteiger partial charge on any atom is -0.480 e. The van der Waals surface area contributed by atoms with Crippen molar-refractivity contribution in [2.24, 2.45) is 10.7 Å². The summed E-state index contributed by atoms with van der Waals surface area (Å²) in [6.07, 6.45) is 1.63. The molecule has 4 N–H and O–H groups in total. The molecule has 1 amide bonds. The molecule has 3 atom stereocenters. The molecule has 0 bridgehead atoms. The lowest BCUT2D eigenvalue weighted by molar-refractivity contribution is -0.139. The number of rotatable bonds is 18. The number of thioether (sulfide) groups is 1. The molecule has 434 valence electrons. The number of sulfone groups is 1. The van der Waals surface area contributed by atoms with Crippen LogP contribution in [0.1, 0.15) is 90.2 Å². The van der Waals surface area contributed by atoms with Crippen molar-refractivity contribution >= 4 is 98.5 Å². The number of hydrogen-bond donors (Lipinski definition) is 3. The largest absolute Gasteiger partial charge is 0.480 e. The first-order valence-electron chi connectivity index (χ1n) is 24.1. The van der Waals surface area contributed by atoms with E-state index in [1.807, 2.05) is 26.0 Å². The number of esters is 1. The number of nitrogens with zero attached hydrogens (tertiary/aromatic N) is 5. The Hall–Kier alpha value is -5.18. The lowest BCUT2D eigenvalue weighted by Crippen LogP contribution is -2.43. The standard InChI is InChI=1S/C15H15ClFN3O3S2.C15H22ClNO2.C15H12F3NO4S.C5H12NO4P/c1-23-13(21)8-24-12-7-11(10(17)6-9(12)16)18-14-19-4-2-3-5-20(19)15(22)25-14;1-5-13-8-6-7-11(2)15(13)17(14(18)9-16)12(3)10-19-4;1-24(21,22)12-6-9(15(16,17)18)4-5-10(12)13(20)11-7-19-23-14(11)8-2-3-8;1-11(9,10)3-2-4(6)5(7)8/h6-7H,2-5,8H2,1H3;6-8,12H,5,9-10H2,1-4H3;4-8H,2-3H2,1H3;4H,2-3,6H2,1H3,(H,7,8)(H,9,10). The molecule has 3 unspecified atom stereocenters. The number of para-hydroxylation sites is 1. The molecule has 29 heteroatoms. The van der Waals surface area contributed by atoms with E-state index < -0.39 is 63.4 Å². The predicted octanol–water partition coefficient (Wildman–Crippen LogP) is 8.85. The number of carbonyl (C=O) groups is 4. The molecule has 2 aliphatic rings. The van der Waals surface area contributed by atoms with Gasteiger partial charge in [-0.15, -0.1) is 23.4 Å². The number of ketones is 1. The molecule has 0 spiro atoms. The quantitative estimate of drug-likeness (QED) is 0.0184. The molecule has 3 aromatic carbocycles. The van der Waals surface area contributed by atoms with Crippen LogP contribution >= 0.6 is 53.7 Å². The molecule has 2 aromatic heterocycles. The number of aliphatic carboxylic acids is 1. The van der Waals surface area contributed by atoms with Crippen LogP contribution in [0.25, 0.3) is 0 Å². The van der Waals surface area contributed by atoms with Crippen LogP contribution in [0.2, 0.25) is 5.02 Å². The summed E-state index contributed by atoms with van der Waals surface area (Å²) in [5, 5.41) is 12.0. The van der Waals surface area contributed by atoms with Gasteiger partial charge in [0.15, 0.2) is 28.7 Å². The molecule has 5 aromatic rings. The van der Waals surface area contributed by atoms with Gasteiger partial charge in [0.05, 0.1) is 58.4 Å². The summed E-state index contributed by atoms with van der Waals surface area (Å²) in [6.45, 7) is 9.07. The first kappa shape index (κ1) is 66.3. The van der Waals surface area contributed by atoms with Crippen LogP contribution in [0.4, 0.5) is 28.9 Å². The fraction of sp³-hybridized carbons (Fsp3) is 0.460. The van der Waals surface area contributed by atoms with Crippen molar-refractivity contribution in [3.05, 3.63) is 114 Å². The number of hydrogen-bond acceptors (Lipinski definition) is 16. The van der Waals surface area contributed by atoms with Crippen LogP contribution < -0.4 is 20.3 Å². The van der Waals surface area contributed by atoms with E-state index in [0.717, 1.165) is 90.4 Å². The van der Waals surface area contributed by atoms with Crippen LogP contribution in [0, 0.1) is 12.7 Å². The number of aryl methyl sites for hydroxylation is 2. The van der Waals surface area contributed by atoms with Gasteiger partial charge in [0.25, 0.3) is 0 Å². The maximum Gasteiger partial charge on any atom is 0.416 e. The number of ether oxygens (including phenoxy) is 2. The number of aromatic nitrogens is 3. The van der Waals surface area contributed by atoms with Gasteiger partial charge >= 0.3 is 23.0 Å². The number of nitrogens with two attached hydrogens (primary N) is 1. The van der Waals surface area contributed by atoms with Gasteiger partial charge in [0.2, 0.25) is 10.7 Å². The third kappa shape index (κ3) is 19.2. The molecule has 19 nitrogen and oxygen atoms in total. The van der Waals surface area contributed by atoms with E-state index in [1.165, 1.54) is 26.0 Å². The highest BCUT2D eigenvalue weighted by molar-refractivity contribution is 8.00. The summed E-state index contributed by atoms with van der Waals surface area (Å²) in [7, 11) is -4.21. The Labute approximate surface area is 471 Å². The molecular weight excluding hydrogens is 1170 g/mol. The Bertz CT molecular complexity index is 3270. The van der Waals surface area contributed by atoms with Crippen molar-refractivity contribution in [1.29, 1.82) is 0 Å². The topological polar surface area (TPSA) is 273 Å². The monoisotopic (exact) mass is 1230 g/mol. The molecule has 1 fully saturated rings. The average molecular weight is 1230 g/mol. The third-order valence-corrected chi connectivity index (χ3v) is 16.6. The van der Waals surface area contributed by atoms with Crippen molar-refractivity contribution in [1.82, 2.24) is 14.5 Å². The van der Waals surface area contributed by atoms with Crippen molar-refractivity contribution in [2.45, 2.75) is 106 Å². The van der Waals surface area contributed by atoms with Gasteiger partial charge in [-0.25, -0.2) is 22.5 Å². The molecule has 0 saturated heterocycles. The van der Waals surface area contributed by atoms with Gasteiger partial charge < -0.3 is 34.6 Å². The number of fused-ring (bicyclic) bond motifs is 1. The van der Waals surface area contributed by atoms with Crippen LogP contribution in [-0.4, -0.2) is 120 Å². The fourth-order valence-electron chi connectivity index (χ4n) is 7.65. The maximum atomic E-state index is 14.3. The molecule has 1 saturated carbocycles. The first-order chi connectivity index (χ1) is 37.0. The number of halogens is 6. The van der Waals surface area contributed by atoms with E-state index >= 15 is 0 Å². The normalized spacial score (nSPS) is 14.8. The van der Waals surface area contributed by atoms with E-state index in [1.54, 1.807) is 21.4 Å². The summed E-state index contributed by atoms with van der Waals surface area (Å²) < 4.78 is 105. The van der Waals surface area contributed by atoms with Crippen molar-refractivity contribution in [3.63, 3.8) is 0 Å². The van der Waals surface area contributed by atoms with E-state index in [-0.39, 0.29) is 68.8 Å². The summed E-state index contributed by atoms with van der Waals surface area (Å²) in [5.41, 5.74) is 7.01. The number of methoxy groups -OCH3 is 2. The van der Waals surface area contributed by atoms with Gasteiger partial charge in [-0.05, 0) is 105 Å². The van der Waals surface area contributed by atoms with Gasteiger partial charge in [-0.2, -0.15) is 13.2 Å². The second-order valence-corrected chi connectivity index (χ2v) is 25.3. The molecule has 0 radical (unpaired) electrons. The molecule has 1 aliphatic carbocycles. The zero-order chi connectivity index (χ0) is 59.2. The molecule has 79 heavy (non-hydrogen) atoms. The van der Waals surface area contributed by atoms with E-state index in [9.17, 15) is 54.5 Å². The fourth-order valence-corrected chi connectivity index (χ4v) is 11.4. The number of carboxylic acid groups (broad SMARTS) is 1. The second kappa shape index (κ2) is 29.5. The van der Waals surface area contributed by atoms with E-state index in [4.69, 9.17) is 48.2 Å². The number of amides is 1. The van der Waals surface area contributed by atoms with Crippen LogP contribution in [0.5, 0.6) is 0 Å². The van der Waals surface area contributed by atoms with Crippen LogP contribution in [-0.2, 0) is 63.9 Å². The predicted molar refractivity (Wildman–Crippen MR) is 293 cm³/mol. The summed E-state index contributed by atoms with van der Waals surface area (Å²) >= 11 is 13.9. The molecule has 7 rings (SSSR count). The van der Waals surface area contributed by atoms with E-state index in [2.05, 4.69) is 27.9 Å². The van der Waals surface area contributed by atoms with E-state index in [0.29, 0.717) is 47.3 Å². The second-order valence-electron chi connectivity index (χ2n) is 18.1. The highest BCUT2D eigenvalue weighted by Gasteiger charge is 2.36. The van der Waals surface area contributed by atoms with Crippen molar-refractivity contribution in [3.8, 4) is 0 Å². The summed E-state index contributed by atoms with van der Waals surface area (Å²) in [5.74, 6) is -2.50. The van der Waals surface area contributed by atoms with Crippen LogP contribution in [0.15, 0.2) is 78.8 Å². The Kier molecular flexibility index (Phi) is 24.8. The van der Waals surface area contributed by atoms with Gasteiger partial charge in [-0.3, -0.25) is 33.2 Å². The smallest absolute Gasteiger partial charge is 0.416 e. The lowest BCUT2D eigenvalue weighted by Gasteiger charge is -2.31. The minimum atomic E-state index is -4.71. The molecular formula is C50H61Cl2F4N6O13PS3.